The lowest BCUT2D eigenvalue weighted by Crippen LogP contribution is -2.48. The maximum absolute atomic E-state index is 6.21. The first-order valence-electron chi connectivity index (χ1n) is 7.71. The predicted molar refractivity (Wildman–Crippen MR) is 76.2 cm³/mol. The van der Waals surface area contributed by atoms with Crippen LogP contribution in [0.5, 0.6) is 0 Å². The molecule has 0 bridgehead atoms. The fourth-order valence-electron chi connectivity index (χ4n) is 2.99. The van der Waals surface area contributed by atoms with Gasteiger partial charge in [-0.25, -0.2) is 0 Å². The summed E-state index contributed by atoms with van der Waals surface area (Å²) in [4.78, 5) is 2.52. The van der Waals surface area contributed by atoms with Gasteiger partial charge in [-0.1, -0.05) is 51.9 Å². The molecule has 0 radical (unpaired) electrons. The quantitative estimate of drug-likeness (QED) is 0.657. The second-order valence-electron chi connectivity index (χ2n) is 5.76. The highest BCUT2D eigenvalue weighted by Gasteiger charge is 2.24. The Morgan fingerprint density at radius 1 is 1.00 bits per heavy atom. The summed E-state index contributed by atoms with van der Waals surface area (Å²) in [5.41, 5.74) is 6.21. The topological polar surface area (TPSA) is 29.3 Å². The molecular formula is C15H32N2. The number of hydrogen-bond donors (Lipinski definition) is 1. The number of likely N-dealkylation sites (N-methyl/N-ethyl adjacent to an activating group) is 1. The molecule has 2 heteroatoms. The average Bonchev–Trinajstić information content (AvgIpc) is 2.34. The van der Waals surface area contributed by atoms with Gasteiger partial charge in [-0.2, -0.15) is 0 Å². The van der Waals surface area contributed by atoms with Gasteiger partial charge in [0.2, 0.25) is 0 Å². The molecule has 2 N–H and O–H groups in total. The van der Waals surface area contributed by atoms with Crippen molar-refractivity contribution < 1.29 is 0 Å². The van der Waals surface area contributed by atoms with Gasteiger partial charge < -0.3 is 10.6 Å². The Morgan fingerprint density at radius 3 is 2.35 bits per heavy atom. The molecule has 102 valence electrons. The molecule has 0 aromatic carbocycles. The molecular weight excluding hydrogens is 208 g/mol. The molecule has 0 aliphatic heterocycles. The van der Waals surface area contributed by atoms with E-state index in [1.807, 2.05) is 0 Å². The van der Waals surface area contributed by atoms with E-state index in [1.54, 1.807) is 0 Å². The van der Waals surface area contributed by atoms with E-state index in [0.717, 1.165) is 0 Å². The van der Waals surface area contributed by atoms with E-state index < -0.39 is 0 Å². The summed E-state index contributed by atoms with van der Waals surface area (Å²) in [6.45, 7) is 3.52. The minimum absolute atomic E-state index is 0.425. The van der Waals surface area contributed by atoms with E-state index in [-0.39, 0.29) is 0 Å². The second-order valence-corrected chi connectivity index (χ2v) is 5.76. The standard InChI is InChI=1S/C15H32N2/c1-3-4-5-6-7-10-13-17(2)15-12-9-8-11-14(15)16/h14-15H,3-13,16H2,1-2H3. The van der Waals surface area contributed by atoms with E-state index >= 15 is 0 Å². The zero-order valence-electron chi connectivity index (χ0n) is 12.0. The zero-order valence-corrected chi connectivity index (χ0v) is 12.0. The summed E-state index contributed by atoms with van der Waals surface area (Å²) >= 11 is 0. The molecule has 0 heterocycles. The van der Waals surface area contributed by atoms with Gasteiger partial charge in [-0.15, -0.1) is 0 Å². The van der Waals surface area contributed by atoms with Crippen molar-refractivity contribution in [1.29, 1.82) is 0 Å². The Balaban J connectivity index is 2.05. The van der Waals surface area contributed by atoms with Crippen LogP contribution in [0.25, 0.3) is 0 Å². The van der Waals surface area contributed by atoms with Crippen molar-refractivity contribution in [2.24, 2.45) is 5.73 Å². The first kappa shape index (κ1) is 15.0. The minimum atomic E-state index is 0.425. The summed E-state index contributed by atoms with van der Waals surface area (Å²) in [5, 5.41) is 0. The number of rotatable bonds is 8. The highest BCUT2D eigenvalue weighted by molar-refractivity contribution is 4.84. The van der Waals surface area contributed by atoms with Crippen LogP contribution in [-0.4, -0.2) is 30.6 Å². The first-order chi connectivity index (χ1) is 8.25. The molecule has 1 aliphatic carbocycles. The third kappa shape index (κ3) is 5.87. The van der Waals surface area contributed by atoms with Crippen LogP contribution in [0.15, 0.2) is 0 Å². The maximum atomic E-state index is 6.21. The SMILES string of the molecule is CCCCCCCCN(C)C1CCCCC1N. The molecule has 1 fully saturated rings. The third-order valence-electron chi connectivity index (χ3n) is 4.21. The predicted octanol–water partition coefficient (Wildman–Crippen LogP) is 3.55. The van der Waals surface area contributed by atoms with Gasteiger partial charge >= 0.3 is 0 Å². The Hall–Kier alpha value is -0.0800. The Bertz CT molecular complexity index is 182. The first-order valence-corrected chi connectivity index (χ1v) is 7.71. The van der Waals surface area contributed by atoms with Crippen LogP contribution in [0.4, 0.5) is 0 Å². The van der Waals surface area contributed by atoms with Gasteiger partial charge in [0.1, 0.15) is 0 Å². The molecule has 17 heavy (non-hydrogen) atoms. The number of hydrogen-bond acceptors (Lipinski definition) is 2. The van der Waals surface area contributed by atoms with Crippen molar-refractivity contribution >= 4 is 0 Å². The van der Waals surface area contributed by atoms with Gasteiger partial charge in [0, 0.05) is 12.1 Å². The van der Waals surface area contributed by atoms with Gasteiger partial charge in [-0.3, -0.25) is 0 Å². The molecule has 0 saturated heterocycles. The van der Waals surface area contributed by atoms with E-state index in [0.29, 0.717) is 12.1 Å². The Kier molecular flexibility index (Phi) is 7.87. The van der Waals surface area contributed by atoms with E-state index in [1.165, 1.54) is 70.8 Å². The van der Waals surface area contributed by atoms with Gasteiger partial charge in [-0.05, 0) is 32.9 Å². The Morgan fingerprint density at radius 2 is 1.65 bits per heavy atom. The third-order valence-corrected chi connectivity index (χ3v) is 4.21. The molecule has 1 aliphatic rings. The lowest BCUT2D eigenvalue weighted by molar-refractivity contribution is 0.166. The number of nitrogens with zero attached hydrogens (tertiary/aromatic N) is 1. The van der Waals surface area contributed by atoms with Gasteiger partial charge in [0.25, 0.3) is 0 Å². The fourth-order valence-corrected chi connectivity index (χ4v) is 2.99. The van der Waals surface area contributed by atoms with Crippen LogP contribution in [0.3, 0.4) is 0 Å². The van der Waals surface area contributed by atoms with Crippen LogP contribution in [0.1, 0.15) is 71.1 Å². The number of nitrogens with two attached hydrogens (primary N) is 1. The van der Waals surface area contributed by atoms with E-state index in [9.17, 15) is 0 Å². The minimum Gasteiger partial charge on any atom is -0.326 e. The average molecular weight is 240 g/mol. The van der Waals surface area contributed by atoms with Crippen LogP contribution in [-0.2, 0) is 0 Å². The highest BCUT2D eigenvalue weighted by atomic mass is 15.1. The summed E-state index contributed by atoms with van der Waals surface area (Å²) in [7, 11) is 2.27. The lowest BCUT2D eigenvalue weighted by Gasteiger charge is -2.36. The second kappa shape index (κ2) is 8.93. The summed E-state index contributed by atoms with van der Waals surface area (Å²) in [5.74, 6) is 0. The summed E-state index contributed by atoms with van der Waals surface area (Å²) in [6.07, 6.45) is 13.6. The number of unbranched alkanes of at least 4 members (excludes halogenated alkanes) is 5. The van der Waals surface area contributed by atoms with Crippen molar-refractivity contribution in [2.75, 3.05) is 13.6 Å². The van der Waals surface area contributed by atoms with Crippen molar-refractivity contribution in [3.05, 3.63) is 0 Å². The molecule has 2 atom stereocenters. The zero-order chi connectivity index (χ0) is 12.5. The molecule has 0 aromatic rings. The summed E-state index contributed by atoms with van der Waals surface area (Å²) < 4.78 is 0. The Labute approximate surface area is 108 Å². The van der Waals surface area contributed by atoms with E-state index in [4.69, 9.17) is 5.73 Å². The largest absolute Gasteiger partial charge is 0.326 e. The molecule has 2 unspecified atom stereocenters. The monoisotopic (exact) mass is 240 g/mol. The molecule has 1 saturated carbocycles. The summed E-state index contributed by atoms with van der Waals surface area (Å²) in [6, 6.07) is 1.08. The lowest BCUT2D eigenvalue weighted by atomic mass is 9.90. The van der Waals surface area contributed by atoms with Crippen molar-refractivity contribution in [3.63, 3.8) is 0 Å². The molecule has 0 aromatic heterocycles. The van der Waals surface area contributed by atoms with Crippen molar-refractivity contribution in [1.82, 2.24) is 4.90 Å². The van der Waals surface area contributed by atoms with Crippen LogP contribution >= 0.6 is 0 Å². The normalized spacial score (nSPS) is 25.4. The molecule has 0 amide bonds. The van der Waals surface area contributed by atoms with Crippen LogP contribution in [0.2, 0.25) is 0 Å². The molecule has 2 nitrogen and oxygen atoms in total. The van der Waals surface area contributed by atoms with E-state index in [2.05, 4.69) is 18.9 Å². The molecule has 0 spiro atoms. The highest BCUT2D eigenvalue weighted by Crippen LogP contribution is 2.21. The van der Waals surface area contributed by atoms with Crippen LogP contribution < -0.4 is 5.73 Å². The van der Waals surface area contributed by atoms with Gasteiger partial charge in [0.05, 0.1) is 0 Å². The smallest absolute Gasteiger partial charge is 0.0244 e. The van der Waals surface area contributed by atoms with Crippen molar-refractivity contribution in [2.45, 2.75) is 83.2 Å². The molecule has 1 rings (SSSR count). The van der Waals surface area contributed by atoms with Crippen LogP contribution in [0, 0.1) is 0 Å². The maximum Gasteiger partial charge on any atom is 0.0244 e. The van der Waals surface area contributed by atoms with Gasteiger partial charge in [0.15, 0.2) is 0 Å². The van der Waals surface area contributed by atoms with Crippen molar-refractivity contribution in [3.8, 4) is 0 Å². The fraction of sp³-hybridized carbons (Fsp3) is 1.00.